The van der Waals surface area contributed by atoms with Gasteiger partial charge in [-0.15, -0.1) is 0 Å². The van der Waals surface area contributed by atoms with Crippen LogP contribution in [0.15, 0.2) is 12.4 Å². The lowest BCUT2D eigenvalue weighted by molar-refractivity contribution is -0.152. The zero-order valence-corrected chi connectivity index (χ0v) is 11.8. The average Bonchev–Trinajstić information content (AvgIpc) is 2.72. The Bertz CT molecular complexity index is 506. The maximum absolute atomic E-state index is 12.3. The van der Waals surface area contributed by atoms with E-state index in [0.29, 0.717) is 13.0 Å². The Morgan fingerprint density at radius 2 is 2.11 bits per heavy atom. The fourth-order valence-electron chi connectivity index (χ4n) is 2.30. The minimum Gasteiger partial charge on any atom is -0.340 e. The Morgan fingerprint density at radius 3 is 2.68 bits per heavy atom. The smallest absolute Gasteiger partial charge is 0.248 e. The molecule has 1 aromatic heterocycles. The van der Waals surface area contributed by atoms with Crippen LogP contribution < -0.4 is 5.32 Å². The van der Waals surface area contributed by atoms with Gasteiger partial charge in [-0.2, -0.15) is 0 Å². The van der Waals surface area contributed by atoms with Gasteiger partial charge in [0.05, 0.1) is 0 Å². The van der Waals surface area contributed by atoms with Crippen LogP contribution in [0.4, 0.5) is 0 Å². The Labute approximate surface area is 112 Å². The van der Waals surface area contributed by atoms with Gasteiger partial charge in [-0.25, -0.2) is 4.98 Å². The Kier molecular flexibility index (Phi) is 3.34. The Hall–Kier alpha value is -1.85. The number of piperazine rings is 1. The van der Waals surface area contributed by atoms with Crippen molar-refractivity contribution in [3.8, 4) is 0 Å². The van der Waals surface area contributed by atoms with Crippen molar-refractivity contribution in [1.82, 2.24) is 19.8 Å². The number of rotatable bonds is 3. The lowest BCUT2D eigenvalue weighted by Crippen LogP contribution is -2.67. The van der Waals surface area contributed by atoms with E-state index < -0.39 is 11.6 Å². The second-order valence-corrected chi connectivity index (χ2v) is 5.49. The topological polar surface area (TPSA) is 67.2 Å². The summed E-state index contributed by atoms with van der Waals surface area (Å²) in [5, 5.41) is 2.74. The zero-order valence-electron chi connectivity index (χ0n) is 11.8. The molecule has 104 valence electrons. The highest BCUT2D eigenvalue weighted by Crippen LogP contribution is 2.18. The molecule has 1 atom stereocenters. The summed E-state index contributed by atoms with van der Waals surface area (Å²) >= 11 is 0. The van der Waals surface area contributed by atoms with E-state index in [9.17, 15) is 9.59 Å². The van der Waals surface area contributed by atoms with Gasteiger partial charge in [0.25, 0.3) is 0 Å². The van der Waals surface area contributed by atoms with Crippen molar-refractivity contribution in [2.45, 2.75) is 38.8 Å². The highest BCUT2D eigenvalue weighted by Gasteiger charge is 2.43. The molecule has 0 saturated carbocycles. The molecule has 0 spiro atoms. The second-order valence-electron chi connectivity index (χ2n) is 5.49. The van der Waals surface area contributed by atoms with Gasteiger partial charge in [-0.1, -0.05) is 0 Å². The number of aromatic nitrogens is 2. The predicted octanol–water partition coefficient (Wildman–Crippen LogP) is 0.0881. The molecule has 1 aliphatic rings. The van der Waals surface area contributed by atoms with Crippen molar-refractivity contribution in [1.29, 1.82) is 0 Å². The third kappa shape index (κ3) is 2.47. The summed E-state index contributed by atoms with van der Waals surface area (Å²) in [4.78, 5) is 30.1. The molecular weight excluding hydrogens is 244 g/mol. The van der Waals surface area contributed by atoms with Crippen LogP contribution in [0.3, 0.4) is 0 Å². The molecule has 2 rings (SSSR count). The SMILES string of the molecule is CC1C(=O)NC(C)(C)C(=O)N1CCc1nccn1C. The Balaban J connectivity index is 2.11. The van der Waals surface area contributed by atoms with Crippen molar-refractivity contribution in [3.63, 3.8) is 0 Å². The third-order valence-electron chi connectivity index (χ3n) is 3.58. The maximum Gasteiger partial charge on any atom is 0.248 e. The summed E-state index contributed by atoms with van der Waals surface area (Å²) in [6.45, 7) is 5.71. The number of nitrogens with one attached hydrogen (secondary N) is 1. The summed E-state index contributed by atoms with van der Waals surface area (Å²) in [6, 6.07) is -0.430. The van der Waals surface area contributed by atoms with Crippen LogP contribution in [0, 0.1) is 0 Å². The zero-order chi connectivity index (χ0) is 14.2. The molecule has 1 saturated heterocycles. The summed E-state index contributed by atoms with van der Waals surface area (Å²) in [7, 11) is 1.92. The second kappa shape index (κ2) is 4.68. The van der Waals surface area contributed by atoms with Crippen LogP contribution in [0.25, 0.3) is 0 Å². The molecule has 2 amide bonds. The standard InChI is InChI=1S/C13H20N4O2/c1-9-11(18)15-13(2,3)12(19)17(9)7-5-10-14-6-8-16(10)4/h6,8-9H,5,7H2,1-4H3,(H,15,18). The predicted molar refractivity (Wildman–Crippen MR) is 70.3 cm³/mol. The first kappa shape index (κ1) is 13.6. The van der Waals surface area contributed by atoms with E-state index in [4.69, 9.17) is 0 Å². The molecule has 1 unspecified atom stereocenters. The number of imidazole rings is 1. The van der Waals surface area contributed by atoms with Crippen LogP contribution in [-0.4, -0.2) is 44.4 Å². The molecule has 1 aliphatic heterocycles. The monoisotopic (exact) mass is 264 g/mol. The minimum atomic E-state index is -0.828. The summed E-state index contributed by atoms with van der Waals surface area (Å²) in [5.74, 6) is 0.752. The molecule has 0 aromatic carbocycles. The van der Waals surface area contributed by atoms with Crippen LogP contribution in [0.1, 0.15) is 26.6 Å². The van der Waals surface area contributed by atoms with E-state index >= 15 is 0 Å². The normalized spacial score (nSPS) is 22.5. The van der Waals surface area contributed by atoms with Crippen molar-refractivity contribution in [3.05, 3.63) is 18.2 Å². The number of hydrogen-bond acceptors (Lipinski definition) is 3. The summed E-state index contributed by atoms with van der Waals surface area (Å²) in [5.41, 5.74) is -0.828. The average molecular weight is 264 g/mol. The van der Waals surface area contributed by atoms with Crippen molar-refractivity contribution < 1.29 is 9.59 Å². The Morgan fingerprint density at radius 1 is 1.42 bits per heavy atom. The first-order chi connectivity index (χ1) is 8.83. The molecule has 1 N–H and O–H groups in total. The first-order valence-electron chi connectivity index (χ1n) is 6.42. The van der Waals surface area contributed by atoms with E-state index in [2.05, 4.69) is 10.3 Å². The minimum absolute atomic E-state index is 0.0474. The molecule has 6 heteroatoms. The van der Waals surface area contributed by atoms with Crippen LogP contribution >= 0.6 is 0 Å². The number of aryl methyl sites for hydroxylation is 1. The highest BCUT2D eigenvalue weighted by atomic mass is 16.2. The molecule has 1 fully saturated rings. The van der Waals surface area contributed by atoms with Gasteiger partial charge in [0.2, 0.25) is 11.8 Å². The van der Waals surface area contributed by atoms with Gasteiger partial charge in [0, 0.05) is 32.4 Å². The molecule has 2 heterocycles. The van der Waals surface area contributed by atoms with E-state index in [1.807, 2.05) is 17.8 Å². The summed E-state index contributed by atoms with van der Waals surface area (Å²) in [6.07, 6.45) is 4.24. The number of amides is 2. The maximum atomic E-state index is 12.3. The third-order valence-corrected chi connectivity index (χ3v) is 3.58. The van der Waals surface area contributed by atoms with E-state index in [-0.39, 0.29) is 11.8 Å². The number of carbonyl (C=O) groups is 2. The number of nitrogens with zero attached hydrogens (tertiary/aromatic N) is 3. The molecule has 1 aromatic rings. The van der Waals surface area contributed by atoms with Crippen LogP contribution in [-0.2, 0) is 23.1 Å². The van der Waals surface area contributed by atoms with Gasteiger partial charge >= 0.3 is 0 Å². The van der Waals surface area contributed by atoms with Crippen molar-refractivity contribution in [2.24, 2.45) is 7.05 Å². The highest BCUT2D eigenvalue weighted by molar-refractivity contribution is 5.99. The van der Waals surface area contributed by atoms with Gasteiger partial charge in [-0.05, 0) is 20.8 Å². The number of hydrogen-bond donors (Lipinski definition) is 1. The lowest BCUT2D eigenvalue weighted by atomic mass is 9.97. The van der Waals surface area contributed by atoms with Crippen LogP contribution in [0.5, 0.6) is 0 Å². The molecule has 0 radical (unpaired) electrons. The fraction of sp³-hybridized carbons (Fsp3) is 0.615. The molecule has 6 nitrogen and oxygen atoms in total. The van der Waals surface area contributed by atoms with E-state index in [0.717, 1.165) is 5.82 Å². The summed E-state index contributed by atoms with van der Waals surface area (Å²) < 4.78 is 1.92. The van der Waals surface area contributed by atoms with E-state index in [1.165, 1.54) is 0 Å². The number of carbonyl (C=O) groups excluding carboxylic acids is 2. The van der Waals surface area contributed by atoms with Gasteiger partial charge in [-0.3, -0.25) is 9.59 Å². The van der Waals surface area contributed by atoms with Crippen molar-refractivity contribution >= 4 is 11.8 Å². The molecule has 19 heavy (non-hydrogen) atoms. The lowest BCUT2D eigenvalue weighted by Gasteiger charge is -2.41. The fourth-order valence-corrected chi connectivity index (χ4v) is 2.30. The largest absolute Gasteiger partial charge is 0.340 e. The first-order valence-corrected chi connectivity index (χ1v) is 6.42. The van der Waals surface area contributed by atoms with E-state index in [1.54, 1.807) is 31.9 Å². The van der Waals surface area contributed by atoms with Gasteiger partial charge in [0.1, 0.15) is 17.4 Å². The molecule has 0 aliphatic carbocycles. The molecular formula is C13H20N4O2. The van der Waals surface area contributed by atoms with Gasteiger partial charge in [0.15, 0.2) is 0 Å². The van der Waals surface area contributed by atoms with Crippen molar-refractivity contribution in [2.75, 3.05) is 6.54 Å². The van der Waals surface area contributed by atoms with Gasteiger partial charge < -0.3 is 14.8 Å². The van der Waals surface area contributed by atoms with Crippen LogP contribution in [0.2, 0.25) is 0 Å². The quantitative estimate of drug-likeness (QED) is 0.841. The molecule has 0 bridgehead atoms.